The molecule has 152 valence electrons. The van der Waals surface area contributed by atoms with Crippen LogP contribution in [-0.2, 0) is 0 Å². The van der Waals surface area contributed by atoms with Crippen LogP contribution in [0.4, 0.5) is 4.39 Å². The maximum Gasteiger partial charge on any atom is 0.176 e. The zero-order valence-corrected chi connectivity index (χ0v) is 17.8. The highest BCUT2D eigenvalue weighted by atomic mass is 32.1. The van der Waals surface area contributed by atoms with Crippen molar-refractivity contribution >= 4 is 38.7 Å². The van der Waals surface area contributed by atoms with E-state index in [1.54, 1.807) is 6.08 Å². The molecule has 5 aromatic rings. The fourth-order valence-electron chi connectivity index (χ4n) is 3.89. The largest absolute Gasteiger partial charge is 0.353 e. The predicted octanol–water partition coefficient (Wildman–Crippen LogP) is 7.72. The van der Waals surface area contributed by atoms with E-state index in [-0.39, 0.29) is 5.13 Å². The molecule has 0 aliphatic rings. The summed E-state index contributed by atoms with van der Waals surface area (Å²) in [5.41, 5.74) is 7.00. The molecule has 0 amide bonds. The number of nitrogens with zero attached hydrogens (tertiary/aromatic N) is 1. The molecule has 3 aromatic heterocycles. The van der Waals surface area contributed by atoms with E-state index < -0.39 is 0 Å². The van der Waals surface area contributed by atoms with Crippen molar-refractivity contribution in [1.29, 1.82) is 0 Å². The zero-order chi connectivity index (χ0) is 21.4. The smallest absolute Gasteiger partial charge is 0.176 e. The van der Waals surface area contributed by atoms with Crippen LogP contribution in [0.1, 0.15) is 12.5 Å². The highest BCUT2D eigenvalue weighted by Crippen LogP contribution is 2.36. The number of hydrogen-bond acceptors (Lipinski definition) is 2. The van der Waals surface area contributed by atoms with Crippen molar-refractivity contribution in [2.24, 2.45) is 0 Å². The van der Waals surface area contributed by atoms with Crippen LogP contribution in [-0.4, -0.2) is 15.2 Å². The summed E-state index contributed by atoms with van der Waals surface area (Å²) in [7, 11) is 0. The van der Waals surface area contributed by atoms with E-state index >= 15 is 0 Å². The fourth-order valence-corrected chi connectivity index (χ4v) is 4.66. The third-order valence-electron chi connectivity index (χ3n) is 5.38. The summed E-state index contributed by atoms with van der Waals surface area (Å²) >= 11 is 1.16. The molecule has 5 heteroatoms. The molecule has 0 radical (unpaired) electrons. The van der Waals surface area contributed by atoms with Crippen molar-refractivity contribution in [2.45, 2.75) is 6.92 Å². The van der Waals surface area contributed by atoms with E-state index in [0.717, 1.165) is 66.1 Å². The Kier molecular flexibility index (Phi) is 4.88. The molecule has 0 aliphatic heterocycles. The molecule has 0 unspecified atom stereocenters. The van der Waals surface area contributed by atoms with Crippen LogP contribution in [0.5, 0.6) is 0 Å². The van der Waals surface area contributed by atoms with Crippen LogP contribution in [0, 0.1) is 5.13 Å². The molecule has 2 aromatic carbocycles. The number of aromatic amines is 2. The number of H-pyrrole nitrogens is 2. The SMILES string of the molecule is C=C/C=C\C(=C/C)c1ccc2[nH]nc(-c3cc4c(-c5ccc(F)s5)cccc4[nH]3)c2c1. The van der Waals surface area contributed by atoms with Gasteiger partial charge in [0, 0.05) is 26.7 Å². The molecule has 3 heterocycles. The van der Waals surface area contributed by atoms with Gasteiger partial charge in [-0.2, -0.15) is 9.49 Å². The molecule has 0 spiro atoms. The summed E-state index contributed by atoms with van der Waals surface area (Å²) in [4.78, 5) is 4.40. The first-order chi connectivity index (χ1) is 15.2. The maximum absolute atomic E-state index is 13.6. The van der Waals surface area contributed by atoms with Crippen molar-refractivity contribution in [3.8, 4) is 21.8 Å². The minimum absolute atomic E-state index is 0.182. The molecule has 0 saturated carbocycles. The Balaban J connectivity index is 1.65. The lowest BCUT2D eigenvalue weighted by Crippen LogP contribution is -1.82. The number of rotatable bonds is 5. The molecule has 5 rings (SSSR count). The summed E-state index contributed by atoms with van der Waals surface area (Å²) in [6.45, 7) is 5.78. The van der Waals surface area contributed by atoms with E-state index in [0.29, 0.717) is 0 Å². The van der Waals surface area contributed by atoms with Crippen LogP contribution in [0.2, 0.25) is 0 Å². The maximum atomic E-state index is 13.6. The first-order valence-corrected chi connectivity index (χ1v) is 10.8. The second kappa shape index (κ2) is 7.85. The van der Waals surface area contributed by atoms with Crippen LogP contribution >= 0.6 is 11.3 Å². The van der Waals surface area contributed by atoms with Crippen molar-refractivity contribution in [3.63, 3.8) is 0 Å². The lowest BCUT2D eigenvalue weighted by Gasteiger charge is -2.03. The number of aromatic nitrogens is 3. The summed E-state index contributed by atoms with van der Waals surface area (Å²) in [6.07, 6.45) is 7.83. The van der Waals surface area contributed by atoms with Crippen molar-refractivity contribution in [1.82, 2.24) is 15.2 Å². The minimum Gasteiger partial charge on any atom is -0.353 e. The average molecular weight is 426 g/mol. The van der Waals surface area contributed by atoms with E-state index in [9.17, 15) is 4.39 Å². The average Bonchev–Trinajstić information content (AvgIpc) is 3.51. The van der Waals surface area contributed by atoms with Gasteiger partial charge in [0.1, 0.15) is 5.69 Å². The lowest BCUT2D eigenvalue weighted by molar-refractivity contribution is 0.657. The second-order valence-electron chi connectivity index (χ2n) is 7.22. The molecule has 0 bridgehead atoms. The van der Waals surface area contributed by atoms with Crippen LogP contribution in [0.3, 0.4) is 0 Å². The molecular formula is C26H20FN3S. The monoisotopic (exact) mass is 425 g/mol. The van der Waals surface area contributed by atoms with E-state index in [2.05, 4.69) is 52.1 Å². The number of halogens is 1. The highest BCUT2D eigenvalue weighted by molar-refractivity contribution is 7.14. The summed E-state index contributed by atoms with van der Waals surface area (Å²) in [5.74, 6) is 0. The van der Waals surface area contributed by atoms with Gasteiger partial charge >= 0.3 is 0 Å². The summed E-state index contributed by atoms with van der Waals surface area (Å²) < 4.78 is 13.6. The van der Waals surface area contributed by atoms with E-state index in [1.165, 1.54) is 6.07 Å². The Morgan fingerprint density at radius 1 is 1.06 bits per heavy atom. The fraction of sp³-hybridized carbons (Fsp3) is 0.0385. The van der Waals surface area contributed by atoms with Crippen molar-refractivity contribution < 1.29 is 4.39 Å². The Bertz CT molecular complexity index is 1480. The number of fused-ring (bicyclic) bond motifs is 2. The van der Waals surface area contributed by atoms with Gasteiger partial charge < -0.3 is 4.98 Å². The molecule has 0 aliphatic carbocycles. The zero-order valence-electron chi connectivity index (χ0n) is 16.9. The van der Waals surface area contributed by atoms with Gasteiger partial charge in [-0.3, -0.25) is 5.10 Å². The molecule has 0 atom stereocenters. The van der Waals surface area contributed by atoms with E-state index in [1.807, 2.05) is 43.3 Å². The first kappa shape index (κ1) is 19.3. The summed E-state index contributed by atoms with van der Waals surface area (Å²) in [6, 6.07) is 17.8. The lowest BCUT2D eigenvalue weighted by atomic mass is 10.0. The summed E-state index contributed by atoms with van der Waals surface area (Å²) in [5, 5.41) is 9.64. The van der Waals surface area contributed by atoms with Gasteiger partial charge in [-0.25, -0.2) is 0 Å². The van der Waals surface area contributed by atoms with Crippen LogP contribution < -0.4 is 0 Å². The van der Waals surface area contributed by atoms with Gasteiger partial charge in [0.2, 0.25) is 0 Å². The highest BCUT2D eigenvalue weighted by Gasteiger charge is 2.15. The van der Waals surface area contributed by atoms with Gasteiger partial charge in [0.25, 0.3) is 0 Å². The van der Waals surface area contributed by atoms with Gasteiger partial charge in [-0.15, -0.1) is 11.3 Å². The van der Waals surface area contributed by atoms with Gasteiger partial charge in [-0.1, -0.05) is 49.1 Å². The number of benzene rings is 2. The number of thiophene rings is 1. The van der Waals surface area contributed by atoms with Crippen molar-refractivity contribution in [3.05, 3.63) is 96.2 Å². The van der Waals surface area contributed by atoms with Crippen LogP contribution in [0.25, 0.3) is 49.2 Å². The Labute approximate surface area is 183 Å². The molecule has 31 heavy (non-hydrogen) atoms. The quantitative estimate of drug-likeness (QED) is 0.278. The van der Waals surface area contributed by atoms with Crippen LogP contribution in [0.15, 0.2) is 85.5 Å². The second-order valence-corrected chi connectivity index (χ2v) is 8.26. The molecule has 0 fully saturated rings. The van der Waals surface area contributed by atoms with Crippen molar-refractivity contribution in [2.75, 3.05) is 0 Å². The Hall–Kier alpha value is -3.70. The third kappa shape index (κ3) is 3.43. The Morgan fingerprint density at radius 3 is 2.74 bits per heavy atom. The molecular weight excluding hydrogens is 405 g/mol. The molecule has 0 saturated heterocycles. The van der Waals surface area contributed by atoms with Gasteiger partial charge in [0.15, 0.2) is 5.13 Å². The number of allylic oxidation sites excluding steroid dienone is 5. The Morgan fingerprint density at radius 2 is 1.97 bits per heavy atom. The van der Waals surface area contributed by atoms with Gasteiger partial charge in [-0.05, 0) is 54.5 Å². The standard InChI is InChI=1S/C26H20FN3S/c1-3-5-7-16(4-2)17-10-11-22-20(14-17)26(30-29-22)23-15-19-18(8-6-9-21(19)28-23)24-12-13-25(27)31-24/h3-15,28H,1H2,2H3,(H,29,30)/b7-5-,16-4+. The predicted molar refractivity (Wildman–Crippen MR) is 130 cm³/mol. The first-order valence-electron chi connectivity index (χ1n) is 9.99. The topological polar surface area (TPSA) is 44.5 Å². The van der Waals surface area contributed by atoms with Gasteiger partial charge in [0.05, 0.1) is 11.2 Å². The number of nitrogens with one attached hydrogen (secondary N) is 2. The third-order valence-corrected chi connectivity index (χ3v) is 6.28. The minimum atomic E-state index is -0.182. The normalized spacial score (nSPS) is 12.4. The molecule has 3 nitrogen and oxygen atoms in total. The molecule has 2 N–H and O–H groups in total. The number of hydrogen-bond donors (Lipinski definition) is 2. The van der Waals surface area contributed by atoms with E-state index in [4.69, 9.17) is 0 Å².